The highest BCUT2D eigenvalue weighted by Gasteiger charge is 2.14. The number of aromatic nitrogens is 2. The van der Waals surface area contributed by atoms with Gasteiger partial charge in [-0.2, -0.15) is 0 Å². The van der Waals surface area contributed by atoms with Gasteiger partial charge in [-0.05, 0) is 42.5 Å². The number of nitrogens with one attached hydrogen (secondary N) is 1. The summed E-state index contributed by atoms with van der Waals surface area (Å²) in [5.74, 6) is 0.452. The summed E-state index contributed by atoms with van der Waals surface area (Å²) in [7, 11) is 0. The Morgan fingerprint density at radius 1 is 0.933 bits per heavy atom. The van der Waals surface area contributed by atoms with E-state index in [9.17, 15) is 4.79 Å². The van der Waals surface area contributed by atoms with Crippen LogP contribution in [0.5, 0.6) is 5.75 Å². The van der Waals surface area contributed by atoms with Gasteiger partial charge in [-0.3, -0.25) is 9.78 Å². The molecule has 0 radical (unpaired) electrons. The summed E-state index contributed by atoms with van der Waals surface area (Å²) in [6.45, 7) is 0.408. The summed E-state index contributed by atoms with van der Waals surface area (Å²) in [4.78, 5) is 22.4. The number of pyridine rings is 2. The Bertz CT molecular complexity index is 1120. The summed E-state index contributed by atoms with van der Waals surface area (Å²) in [5.41, 5.74) is 2.15. The monoisotopic (exact) mass is 413 g/mol. The fraction of sp³-hybridized carbons (Fsp3) is 0.0417. The maximum atomic E-state index is 12.9. The van der Waals surface area contributed by atoms with E-state index in [0.29, 0.717) is 28.6 Å². The van der Waals surface area contributed by atoms with E-state index >= 15 is 0 Å². The van der Waals surface area contributed by atoms with Crippen molar-refractivity contribution in [3.8, 4) is 5.75 Å². The van der Waals surface area contributed by atoms with Crippen molar-refractivity contribution in [1.82, 2.24) is 9.97 Å². The summed E-state index contributed by atoms with van der Waals surface area (Å²) >= 11 is 1.46. The molecule has 1 N–H and O–H groups in total. The van der Waals surface area contributed by atoms with E-state index in [0.717, 1.165) is 10.5 Å². The average Bonchev–Trinajstić information content (AvgIpc) is 2.80. The lowest BCUT2D eigenvalue weighted by molar-refractivity contribution is 0.102. The largest absolute Gasteiger partial charge is 0.489 e. The molecule has 0 saturated heterocycles. The molecule has 2 aromatic heterocycles. The first-order chi connectivity index (χ1) is 14.8. The van der Waals surface area contributed by atoms with Crippen LogP contribution in [0.4, 0.5) is 5.69 Å². The molecule has 30 heavy (non-hydrogen) atoms. The molecule has 0 aliphatic rings. The van der Waals surface area contributed by atoms with Gasteiger partial charge in [-0.25, -0.2) is 4.98 Å². The number of anilines is 1. The van der Waals surface area contributed by atoms with Crippen molar-refractivity contribution in [1.29, 1.82) is 0 Å². The summed E-state index contributed by atoms with van der Waals surface area (Å²) in [5, 5.41) is 3.60. The van der Waals surface area contributed by atoms with Crippen molar-refractivity contribution >= 4 is 23.4 Å². The Morgan fingerprint density at radius 2 is 1.80 bits per heavy atom. The number of hydrogen-bond acceptors (Lipinski definition) is 5. The van der Waals surface area contributed by atoms with E-state index in [1.54, 1.807) is 36.8 Å². The third-order valence-corrected chi connectivity index (χ3v) is 5.22. The maximum absolute atomic E-state index is 12.9. The fourth-order valence-corrected chi connectivity index (χ4v) is 3.66. The van der Waals surface area contributed by atoms with E-state index in [-0.39, 0.29) is 5.91 Å². The summed E-state index contributed by atoms with van der Waals surface area (Å²) < 4.78 is 5.81. The van der Waals surface area contributed by atoms with Gasteiger partial charge in [0.25, 0.3) is 5.91 Å². The molecular formula is C24H19N3O2S. The Kier molecular flexibility index (Phi) is 6.37. The number of carbonyl (C=O) groups excluding carboxylic acids is 1. The van der Waals surface area contributed by atoms with Crippen molar-refractivity contribution in [3.05, 3.63) is 109 Å². The number of carbonyl (C=O) groups is 1. The van der Waals surface area contributed by atoms with Crippen LogP contribution in [0.15, 0.2) is 107 Å². The standard InChI is InChI=1S/C24H19N3O2S/c28-23(22-12-6-14-26-24(22)30-21-10-2-1-3-11-21)27-19-8-4-9-20(15-19)29-17-18-7-5-13-25-16-18/h1-16H,17H2,(H,27,28). The van der Waals surface area contributed by atoms with Crippen LogP contribution in [0.3, 0.4) is 0 Å². The number of amides is 1. The van der Waals surface area contributed by atoms with Gasteiger partial charge in [0, 0.05) is 40.8 Å². The van der Waals surface area contributed by atoms with Gasteiger partial charge in [0.05, 0.1) is 5.56 Å². The molecule has 1 amide bonds. The molecule has 148 valence electrons. The Balaban J connectivity index is 1.45. The van der Waals surface area contributed by atoms with Gasteiger partial charge >= 0.3 is 0 Å². The van der Waals surface area contributed by atoms with E-state index in [4.69, 9.17) is 4.74 Å². The average molecular weight is 414 g/mol. The number of ether oxygens (including phenoxy) is 1. The second-order valence-corrected chi connectivity index (χ2v) is 7.47. The Morgan fingerprint density at radius 3 is 2.63 bits per heavy atom. The summed E-state index contributed by atoms with van der Waals surface area (Å²) in [6.07, 6.45) is 5.18. The molecule has 4 rings (SSSR count). The van der Waals surface area contributed by atoms with Crippen LogP contribution in [0.25, 0.3) is 0 Å². The Hall–Kier alpha value is -3.64. The first kappa shape index (κ1) is 19.7. The zero-order valence-electron chi connectivity index (χ0n) is 16.1. The molecule has 0 aliphatic carbocycles. The molecule has 0 atom stereocenters. The zero-order chi connectivity index (χ0) is 20.6. The topological polar surface area (TPSA) is 64.1 Å². The van der Waals surface area contributed by atoms with Crippen molar-refractivity contribution in [2.45, 2.75) is 16.5 Å². The molecule has 2 heterocycles. The van der Waals surface area contributed by atoms with Crippen LogP contribution in [0.1, 0.15) is 15.9 Å². The molecule has 0 bridgehead atoms. The first-order valence-electron chi connectivity index (χ1n) is 9.39. The number of benzene rings is 2. The zero-order valence-corrected chi connectivity index (χ0v) is 16.9. The smallest absolute Gasteiger partial charge is 0.258 e. The van der Waals surface area contributed by atoms with Gasteiger partial charge in [-0.15, -0.1) is 0 Å². The molecular weight excluding hydrogens is 394 g/mol. The Labute approximate surface area is 179 Å². The molecule has 6 heteroatoms. The minimum Gasteiger partial charge on any atom is -0.489 e. The van der Waals surface area contributed by atoms with E-state index in [1.807, 2.05) is 60.7 Å². The van der Waals surface area contributed by atoms with Gasteiger partial charge in [0.15, 0.2) is 0 Å². The van der Waals surface area contributed by atoms with Crippen molar-refractivity contribution in [2.75, 3.05) is 5.32 Å². The molecule has 4 aromatic rings. The minimum atomic E-state index is -0.217. The fourth-order valence-electron chi connectivity index (χ4n) is 2.76. The van der Waals surface area contributed by atoms with Crippen LogP contribution in [0.2, 0.25) is 0 Å². The van der Waals surface area contributed by atoms with Crippen molar-refractivity contribution in [3.63, 3.8) is 0 Å². The van der Waals surface area contributed by atoms with E-state index < -0.39 is 0 Å². The van der Waals surface area contributed by atoms with Gasteiger partial charge in [0.1, 0.15) is 17.4 Å². The normalized spacial score (nSPS) is 10.4. The highest BCUT2D eigenvalue weighted by Crippen LogP contribution is 2.29. The van der Waals surface area contributed by atoms with Gasteiger partial charge < -0.3 is 10.1 Å². The van der Waals surface area contributed by atoms with Crippen LogP contribution >= 0.6 is 11.8 Å². The SMILES string of the molecule is O=C(Nc1cccc(OCc2cccnc2)c1)c1cccnc1Sc1ccccc1. The maximum Gasteiger partial charge on any atom is 0.258 e. The first-order valence-corrected chi connectivity index (χ1v) is 10.2. The van der Waals surface area contributed by atoms with Gasteiger partial charge in [-0.1, -0.05) is 42.1 Å². The highest BCUT2D eigenvalue weighted by atomic mass is 32.2. The summed E-state index contributed by atoms with van der Waals surface area (Å²) in [6, 6.07) is 24.5. The van der Waals surface area contributed by atoms with Crippen LogP contribution in [-0.2, 0) is 6.61 Å². The molecule has 0 saturated carbocycles. The molecule has 0 fully saturated rings. The molecule has 5 nitrogen and oxygen atoms in total. The second kappa shape index (κ2) is 9.71. The molecule has 0 spiro atoms. The lowest BCUT2D eigenvalue weighted by Gasteiger charge is -2.11. The number of nitrogens with zero attached hydrogens (tertiary/aromatic N) is 2. The number of rotatable bonds is 7. The van der Waals surface area contributed by atoms with E-state index in [1.165, 1.54) is 11.8 Å². The third kappa shape index (κ3) is 5.24. The second-order valence-electron chi connectivity index (χ2n) is 6.40. The van der Waals surface area contributed by atoms with Crippen molar-refractivity contribution < 1.29 is 9.53 Å². The van der Waals surface area contributed by atoms with Crippen LogP contribution < -0.4 is 10.1 Å². The van der Waals surface area contributed by atoms with Crippen LogP contribution in [-0.4, -0.2) is 15.9 Å². The van der Waals surface area contributed by atoms with E-state index in [2.05, 4.69) is 15.3 Å². The predicted molar refractivity (Wildman–Crippen MR) is 118 cm³/mol. The van der Waals surface area contributed by atoms with Crippen LogP contribution in [0, 0.1) is 0 Å². The molecule has 2 aromatic carbocycles. The highest BCUT2D eigenvalue weighted by molar-refractivity contribution is 7.99. The predicted octanol–water partition coefficient (Wildman–Crippen LogP) is 5.46. The van der Waals surface area contributed by atoms with Crippen molar-refractivity contribution in [2.24, 2.45) is 0 Å². The third-order valence-electron chi connectivity index (χ3n) is 4.19. The quantitative estimate of drug-likeness (QED) is 0.436. The molecule has 0 unspecified atom stereocenters. The number of hydrogen-bond donors (Lipinski definition) is 1. The lowest BCUT2D eigenvalue weighted by Crippen LogP contribution is -2.13. The van der Waals surface area contributed by atoms with Gasteiger partial charge in [0.2, 0.25) is 0 Å². The minimum absolute atomic E-state index is 0.217. The lowest BCUT2D eigenvalue weighted by atomic mass is 10.2. The molecule has 0 aliphatic heterocycles.